The molecule has 0 radical (unpaired) electrons. The molecule has 1 saturated carbocycles. The van der Waals surface area contributed by atoms with Gasteiger partial charge in [0.05, 0.1) is 12.7 Å². The highest BCUT2D eigenvalue weighted by molar-refractivity contribution is 5.64. The SMILES string of the molecule is COc1ccccc1-c1nc(C)c(CC2CCC2)c(=O)n1CCc1ccccc1. The van der Waals surface area contributed by atoms with E-state index >= 15 is 0 Å². The van der Waals surface area contributed by atoms with Crippen molar-refractivity contribution in [2.45, 2.75) is 45.6 Å². The van der Waals surface area contributed by atoms with E-state index in [1.165, 1.54) is 24.8 Å². The van der Waals surface area contributed by atoms with Crippen molar-refractivity contribution in [3.63, 3.8) is 0 Å². The maximum atomic E-state index is 13.6. The second kappa shape index (κ2) is 8.64. The number of rotatable bonds is 7. The summed E-state index contributed by atoms with van der Waals surface area (Å²) < 4.78 is 7.42. The van der Waals surface area contributed by atoms with Crippen molar-refractivity contribution >= 4 is 0 Å². The molecule has 0 bridgehead atoms. The molecule has 1 fully saturated rings. The van der Waals surface area contributed by atoms with E-state index in [2.05, 4.69) is 12.1 Å². The smallest absolute Gasteiger partial charge is 0.257 e. The minimum atomic E-state index is 0.0984. The molecule has 4 rings (SSSR count). The maximum Gasteiger partial charge on any atom is 0.257 e. The van der Waals surface area contributed by atoms with Crippen LogP contribution in [-0.2, 0) is 19.4 Å². The molecule has 1 aromatic heterocycles. The van der Waals surface area contributed by atoms with Crippen LogP contribution in [0, 0.1) is 12.8 Å². The van der Waals surface area contributed by atoms with Crippen LogP contribution in [0.4, 0.5) is 0 Å². The van der Waals surface area contributed by atoms with Crippen LogP contribution in [0.1, 0.15) is 36.1 Å². The molecule has 0 amide bonds. The molecule has 150 valence electrons. The third-order valence-corrected chi connectivity index (χ3v) is 6.00. The number of hydrogen-bond acceptors (Lipinski definition) is 3. The standard InChI is InChI=1S/C25H28N2O2/c1-18-22(17-20-11-8-12-20)25(28)27(16-15-19-9-4-3-5-10-19)24(26-18)21-13-6-7-14-23(21)29-2/h3-7,9-10,13-14,20H,8,11-12,15-17H2,1-2H3. The van der Waals surface area contributed by atoms with E-state index in [0.29, 0.717) is 18.3 Å². The summed E-state index contributed by atoms with van der Waals surface area (Å²) in [5.41, 5.74) is 3.89. The van der Waals surface area contributed by atoms with E-state index in [0.717, 1.165) is 35.4 Å². The van der Waals surface area contributed by atoms with Gasteiger partial charge in [-0.25, -0.2) is 4.98 Å². The number of hydrogen-bond donors (Lipinski definition) is 0. The summed E-state index contributed by atoms with van der Waals surface area (Å²) in [7, 11) is 1.66. The van der Waals surface area contributed by atoms with Gasteiger partial charge in [-0.15, -0.1) is 0 Å². The van der Waals surface area contributed by atoms with E-state index in [1.807, 2.05) is 54.0 Å². The van der Waals surface area contributed by atoms with Crippen LogP contribution >= 0.6 is 0 Å². The summed E-state index contributed by atoms with van der Waals surface area (Å²) in [6.07, 6.45) is 5.35. The first-order chi connectivity index (χ1) is 14.2. The van der Waals surface area contributed by atoms with Gasteiger partial charge in [-0.05, 0) is 43.4 Å². The van der Waals surface area contributed by atoms with Gasteiger partial charge >= 0.3 is 0 Å². The second-order valence-electron chi connectivity index (χ2n) is 7.89. The lowest BCUT2D eigenvalue weighted by atomic mass is 9.81. The van der Waals surface area contributed by atoms with Gasteiger partial charge in [-0.3, -0.25) is 9.36 Å². The van der Waals surface area contributed by atoms with E-state index in [-0.39, 0.29) is 5.56 Å². The summed E-state index contributed by atoms with van der Waals surface area (Å²) >= 11 is 0. The zero-order chi connectivity index (χ0) is 20.2. The molecule has 0 saturated heterocycles. The van der Waals surface area contributed by atoms with Crippen molar-refractivity contribution in [2.75, 3.05) is 7.11 Å². The van der Waals surface area contributed by atoms with Gasteiger partial charge in [0, 0.05) is 17.8 Å². The molecule has 0 aliphatic heterocycles. The van der Waals surface area contributed by atoms with Crippen molar-refractivity contribution in [3.05, 3.63) is 81.8 Å². The average molecular weight is 389 g/mol. The predicted molar refractivity (Wildman–Crippen MR) is 116 cm³/mol. The molecule has 0 unspecified atom stereocenters. The molecule has 1 heterocycles. The summed E-state index contributed by atoms with van der Waals surface area (Å²) in [6, 6.07) is 18.1. The Hall–Kier alpha value is -2.88. The third-order valence-electron chi connectivity index (χ3n) is 6.00. The van der Waals surface area contributed by atoms with Gasteiger partial charge < -0.3 is 4.74 Å². The Bertz CT molecular complexity index is 1040. The van der Waals surface area contributed by atoms with Crippen molar-refractivity contribution in [1.82, 2.24) is 9.55 Å². The zero-order valence-electron chi connectivity index (χ0n) is 17.2. The molecule has 2 aromatic carbocycles. The van der Waals surface area contributed by atoms with Gasteiger partial charge in [0.1, 0.15) is 11.6 Å². The Kier molecular flexibility index (Phi) is 5.79. The van der Waals surface area contributed by atoms with Crippen LogP contribution in [0.15, 0.2) is 59.4 Å². The van der Waals surface area contributed by atoms with E-state index in [4.69, 9.17) is 9.72 Å². The fraction of sp³-hybridized carbons (Fsp3) is 0.360. The fourth-order valence-electron chi connectivity index (χ4n) is 4.05. The van der Waals surface area contributed by atoms with Crippen molar-refractivity contribution in [2.24, 2.45) is 5.92 Å². The first-order valence-electron chi connectivity index (χ1n) is 10.4. The molecule has 0 atom stereocenters. The van der Waals surface area contributed by atoms with E-state index < -0.39 is 0 Å². The van der Waals surface area contributed by atoms with Crippen LogP contribution in [0.3, 0.4) is 0 Å². The quantitative estimate of drug-likeness (QED) is 0.583. The lowest BCUT2D eigenvalue weighted by Crippen LogP contribution is -2.31. The molecule has 4 heteroatoms. The number of nitrogens with zero attached hydrogens (tertiary/aromatic N) is 2. The number of aromatic nitrogens is 2. The summed E-state index contributed by atoms with van der Waals surface area (Å²) in [6.45, 7) is 2.57. The van der Waals surface area contributed by atoms with Crippen LogP contribution in [0.5, 0.6) is 5.75 Å². The summed E-state index contributed by atoms with van der Waals surface area (Å²) in [4.78, 5) is 18.5. The number of aryl methyl sites for hydroxylation is 2. The minimum Gasteiger partial charge on any atom is -0.496 e. The summed E-state index contributed by atoms with van der Waals surface area (Å²) in [5, 5.41) is 0. The zero-order valence-corrected chi connectivity index (χ0v) is 17.2. The summed E-state index contributed by atoms with van der Waals surface area (Å²) in [5.74, 6) is 2.06. The first-order valence-corrected chi connectivity index (χ1v) is 10.4. The second-order valence-corrected chi connectivity index (χ2v) is 7.89. The average Bonchev–Trinajstić information content (AvgIpc) is 2.72. The minimum absolute atomic E-state index is 0.0984. The van der Waals surface area contributed by atoms with Crippen LogP contribution < -0.4 is 10.3 Å². The topological polar surface area (TPSA) is 44.1 Å². The number of methoxy groups -OCH3 is 1. The molecule has 4 nitrogen and oxygen atoms in total. The van der Waals surface area contributed by atoms with Crippen LogP contribution in [0.2, 0.25) is 0 Å². The highest BCUT2D eigenvalue weighted by Gasteiger charge is 2.23. The largest absolute Gasteiger partial charge is 0.496 e. The molecular weight excluding hydrogens is 360 g/mol. The normalized spacial score (nSPS) is 13.9. The maximum absolute atomic E-state index is 13.6. The third kappa shape index (κ3) is 4.12. The number of benzene rings is 2. The van der Waals surface area contributed by atoms with Gasteiger partial charge in [0.2, 0.25) is 0 Å². The Balaban J connectivity index is 1.79. The van der Waals surface area contributed by atoms with Crippen molar-refractivity contribution in [3.8, 4) is 17.1 Å². The lowest BCUT2D eigenvalue weighted by Gasteiger charge is -2.26. The van der Waals surface area contributed by atoms with Crippen LogP contribution in [0.25, 0.3) is 11.4 Å². The van der Waals surface area contributed by atoms with Crippen LogP contribution in [-0.4, -0.2) is 16.7 Å². The van der Waals surface area contributed by atoms with Crippen molar-refractivity contribution in [1.29, 1.82) is 0 Å². The molecule has 0 N–H and O–H groups in total. The van der Waals surface area contributed by atoms with Gasteiger partial charge in [-0.2, -0.15) is 0 Å². The molecular formula is C25H28N2O2. The monoisotopic (exact) mass is 388 g/mol. The Labute approximate surface area is 172 Å². The number of para-hydroxylation sites is 1. The molecule has 3 aromatic rings. The van der Waals surface area contributed by atoms with E-state index in [9.17, 15) is 4.79 Å². The molecule has 1 aliphatic carbocycles. The Morgan fingerprint density at radius 1 is 1.07 bits per heavy atom. The highest BCUT2D eigenvalue weighted by atomic mass is 16.5. The highest BCUT2D eigenvalue weighted by Crippen LogP contribution is 2.31. The van der Waals surface area contributed by atoms with Gasteiger partial charge in [0.15, 0.2) is 0 Å². The Morgan fingerprint density at radius 2 is 1.79 bits per heavy atom. The van der Waals surface area contributed by atoms with Gasteiger partial charge in [-0.1, -0.05) is 61.7 Å². The Morgan fingerprint density at radius 3 is 2.48 bits per heavy atom. The first kappa shape index (κ1) is 19.4. The van der Waals surface area contributed by atoms with Crippen molar-refractivity contribution < 1.29 is 4.74 Å². The number of ether oxygens (including phenoxy) is 1. The lowest BCUT2D eigenvalue weighted by molar-refractivity contribution is 0.312. The predicted octanol–water partition coefficient (Wildman–Crippen LogP) is 4.81. The molecule has 1 aliphatic rings. The molecule has 0 spiro atoms. The van der Waals surface area contributed by atoms with Gasteiger partial charge in [0.25, 0.3) is 5.56 Å². The van der Waals surface area contributed by atoms with E-state index in [1.54, 1.807) is 7.11 Å². The fourth-order valence-corrected chi connectivity index (χ4v) is 4.05. The molecule has 29 heavy (non-hydrogen) atoms.